The number of amides is 1. The zero-order chi connectivity index (χ0) is 18.9. The molecule has 148 valence electrons. The fraction of sp³-hybridized carbons (Fsp3) is 0.889. The summed E-state index contributed by atoms with van der Waals surface area (Å²) in [7, 11) is -3.68. The number of ketones is 1. The Morgan fingerprint density at radius 3 is 2.54 bits per heavy atom. The Hall–Kier alpha value is -0.990. The van der Waals surface area contributed by atoms with Gasteiger partial charge in [0.2, 0.25) is 15.9 Å². The van der Waals surface area contributed by atoms with Crippen molar-refractivity contribution in [3.8, 4) is 0 Å². The van der Waals surface area contributed by atoms with Gasteiger partial charge >= 0.3 is 0 Å². The van der Waals surface area contributed by atoms with Crippen molar-refractivity contribution in [2.45, 2.75) is 57.5 Å². The highest BCUT2D eigenvalue weighted by atomic mass is 32.2. The minimum Gasteiger partial charge on any atom is -0.310 e. The molecule has 1 amide bonds. The van der Waals surface area contributed by atoms with Crippen LogP contribution in [0.3, 0.4) is 0 Å². The van der Waals surface area contributed by atoms with Gasteiger partial charge in [0.1, 0.15) is 5.78 Å². The Morgan fingerprint density at radius 1 is 1.23 bits per heavy atom. The van der Waals surface area contributed by atoms with Crippen molar-refractivity contribution < 1.29 is 18.0 Å². The normalized spacial score (nSPS) is 32.8. The summed E-state index contributed by atoms with van der Waals surface area (Å²) in [5.74, 6) is -1.04. The van der Waals surface area contributed by atoms with Gasteiger partial charge in [-0.1, -0.05) is 19.8 Å². The molecule has 4 atom stereocenters. The molecule has 0 aromatic heterocycles. The number of hydrogen-bond acceptors (Lipinski definition) is 6. The Morgan fingerprint density at radius 2 is 1.92 bits per heavy atom. The fourth-order valence-electron chi connectivity index (χ4n) is 4.85. The van der Waals surface area contributed by atoms with E-state index in [1.54, 1.807) is 0 Å². The molecule has 0 spiro atoms. The van der Waals surface area contributed by atoms with Gasteiger partial charge in [-0.15, -0.1) is 0 Å². The zero-order valence-electron chi connectivity index (χ0n) is 15.8. The summed E-state index contributed by atoms with van der Waals surface area (Å²) in [6, 6.07) is -0.788. The van der Waals surface area contributed by atoms with Crippen LogP contribution in [-0.4, -0.2) is 73.8 Å². The van der Waals surface area contributed by atoms with E-state index < -0.39 is 22.0 Å². The van der Waals surface area contributed by atoms with Crippen LogP contribution in [0.15, 0.2) is 0 Å². The lowest BCUT2D eigenvalue weighted by atomic mass is 9.89. The highest BCUT2D eigenvalue weighted by molar-refractivity contribution is 7.88. The van der Waals surface area contributed by atoms with Gasteiger partial charge in [-0.2, -0.15) is 0 Å². The molecule has 3 aliphatic rings. The molecule has 0 aliphatic carbocycles. The Balaban J connectivity index is 1.72. The number of hydrogen-bond donors (Lipinski definition) is 1. The number of fused-ring (bicyclic) bond motifs is 1. The third-order valence-electron chi connectivity index (χ3n) is 6.09. The van der Waals surface area contributed by atoms with E-state index in [-0.39, 0.29) is 23.7 Å². The van der Waals surface area contributed by atoms with Crippen LogP contribution in [0.4, 0.5) is 0 Å². The van der Waals surface area contributed by atoms with Gasteiger partial charge in [0, 0.05) is 25.6 Å². The lowest BCUT2D eigenvalue weighted by Gasteiger charge is -2.28. The molecule has 0 aromatic rings. The number of Topliss-reactive ketones (excluding diaryl/α,β-unsaturated/α-hetero) is 1. The molecular formula is C18H31N3O4S. The average Bonchev–Trinajstić information content (AvgIpc) is 3.12. The van der Waals surface area contributed by atoms with E-state index in [4.69, 9.17) is 0 Å². The van der Waals surface area contributed by atoms with E-state index in [9.17, 15) is 18.0 Å². The summed E-state index contributed by atoms with van der Waals surface area (Å²) in [6.07, 6.45) is 6.58. The summed E-state index contributed by atoms with van der Waals surface area (Å²) < 4.78 is 25.6. The number of carbonyl (C=O) groups is 2. The van der Waals surface area contributed by atoms with Gasteiger partial charge in [0.15, 0.2) is 0 Å². The molecule has 0 bridgehead atoms. The number of nitrogens with one attached hydrogen (secondary N) is 1. The van der Waals surface area contributed by atoms with E-state index in [2.05, 4.69) is 10.2 Å². The first-order valence-electron chi connectivity index (χ1n) is 9.86. The first-order valence-corrected chi connectivity index (χ1v) is 11.7. The van der Waals surface area contributed by atoms with Crippen LogP contribution in [0.5, 0.6) is 0 Å². The van der Waals surface area contributed by atoms with Crippen LogP contribution in [0.2, 0.25) is 0 Å². The highest BCUT2D eigenvalue weighted by Gasteiger charge is 2.58. The summed E-state index contributed by atoms with van der Waals surface area (Å²) in [5.41, 5.74) is 0. The van der Waals surface area contributed by atoms with Crippen LogP contribution in [0.1, 0.15) is 45.4 Å². The Bertz CT molecular complexity index is 645. The third-order valence-corrected chi connectivity index (χ3v) is 7.22. The largest absolute Gasteiger partial charge is 0.310 e. The van der Waals surface area contributed by atoms with Gasteiger partial charge < -0.3 is 10.2 Å². The molecule has 3 rings (SSSR count). The topological polar surface area (TPSA) is 86.8 Å². The van der Waals surface area contributed by atoms with Crippen molar-refractivity contribution >= 4 is 21.7 Å². The molecule has 0 saturated carbocycles. The average molecular weight is 386 g/mol. The Kier molecular flexibility index (Phi) is 6.04. The third kappa shape index (κ3) is 3.82. The minimum atomic E-state index is -3.68. The number of rotatable bonds is 7. The van der Waals surface area contributed by atoms with Crippen molar-refractivity contribution in [3.63, 3.8) is 0 Å². The molecule has 3 heterocycles. The fourth-order valence-corrected chi connectivity index (χ4v) is 6.03. The van der Waals surface area contributed by atoms with E-state index >= 15 is 0 Å². The van der Waals surface area contributed by atoms with Crippen molar-refractivity contribution in [1.82, 2.24) is 14.5 Å². The maximum atomic E-state index is 12.9. The molecule has 0 aromatic carbocycles. The van der Waals surface area contributed by atoms with Crippen molar-refractivity contribution in [2.75, 3.05) is 32.4 Å². The molecule has 7 nitrogen and oxygen atoms in total. The summed E-state index contributed by atoms with van der Waals surface area (Å²) in [6.45, 7) is 5.26. The lowest BCUT2D eigenvalue weighted by molar-refractivity contribution is -0.129. The van der Waals surface area contributed by atoms with Gasteiger partial charge in [0.05, 0.1) is 24.1 Å². The van der Waals surface area contributed by atoms with Crippen molar-refractivity contribution in [3.05, 3.63) is 0 Å². The molecule has 0 radical (unpaired) electrons. The monoisotopic (exact) mass is 385 g/mol. The SMILES string of the molecule is CCC[C@H]1C(=O)N(S(C)(=O)=O)[C@H]2C(C(=O)CCN3CCCCC3)CN[C@H]12. The summed E-state index contributed by atoms with van der Waals surface area (Å²) in [4.78, 5) is 27.9. The first kappa shape index (κ1) is 19.8. The van der Waals surface area contributed by atoms with E-state index in [0.29, 0.717) is 19.4 Å². The smallest absolute Gasteiger partial charge is 0.241 e. The molecule has 1 unspecified atom stereocenters. The van der Waals surface area contributed by atoms with Crippen molar-refractivity contribution in [2.24, 2.45) is 11.8 Å². The van der Waals surface area contributed by atoms with Crippen LogP contribution in [0, 0.1) is 11.8 Å². The molecule has 8 heteroatoms. The minimum absolute atomic E-state index is 0.0779. The highest BCUT2D eigenvalue weighted by Crippen LogP contribution is 2.38. The number of nitrogens with zero attached hydrogens (tertiary/aromatic N) is 2. The number of sulfonamides is 1. The van der Waals surface area contributed by atoms with Crippen LogP contribution >= 0.6 is 0 Å². The molecule has 1 N–H and O–H groups in total. The maximum absolute atomic E-state index is 12.9. The molecule has 3 fully saturated rings. The first-order chi connectivity index (χ1) is 12.3. The van der Waals surface area contributed by atoms with Gasteiger partial charge in [-0.05, 0) is 32.4 Å². The Labute approximate surface area is 156 Å². The molecular weight excluding hydrogens is 354 g/mol. The van der Waals surface area contributed by atoms with Crippen LogP contribution in [-0.2, 0) is 19.6 Å². The van der Waals surface area contributed by atoms with Gasteiger partial charge in [0.25, 0.3) is 0 Å². The number of carbonyl (C=O) groups excluding carboxylic acids is 2. The predicted molar refractivity (Wildman–Crippen MR) is 99.1 cm³/mol. The predicted octanol–water partition coefficient (Wildman–Crippen LogP) is 0.606. The number of likely N-dealkylation sites (tertiary alicyclic amines) is 1. The second kappa shape index (κ2) is 7.94. The van der Waals surface area contributed by atoms with Gasteiger partial charge in [-0.25, -0.2) is 12.7 Å². The molecule has 3 aliphatic heterocycles. The van der Waals surface area contributed by atoms with Crippen molar-refractivity contribution in [1.29, 1.82) is 0 Å². The van der Waals surface area contributed by atoms with Crippen LogP contribution < -0.4 is 5.32 Å². The second-order valence-corrected chi connectivity index (χ2v) is 9.80. The van der Waals surface area contributed by atoms with Gasteiger partial charge in [-0.3, -0.25) is 9.59 Å². The second-order valence-electron chi connectivity index (χ2n) is 7.94. The number of piperidine rings is 1. The summed E-state index contributed by atoms with van der Waals surface area (Å²) in [5, 5.41) is 3.29. The lowest BCUT2D eigenvalue weighted by Crippen LogP contribution is -2.46. The summed E-state index contributed by atoms with van der Waals surface area (Å²) >= 11 is 0. The maximum Gasteiger partial charge on any atom is 0.241 e. The van der Waals surface area contributed by atoms with E-state index in [1.165, 1.54) is 19.3 Å². The standard InChI is InChI=1S/C18H31N3O4S/c1-3-7-13-16-17(21(18(13)23)26(2,24)25)14(12-19-16)15(22)8-11-20-9-5-4-6-10-20/h13-14,16-17,19H,3-12H2,1-2H3/t13-,14?,16-,17+/m1/s1. The van der Waals surface area contributed by atoms with E-state index in [1.807, 2.05) is 6.92 Å². The quantitative estimate of drug-likeness (QED) is 0.691. The molecule has 26 heavy (non-hydrogen) atoms. The van der Waals surface area contributed by atoms with Crippen LogP contribution in [0.25, 0.3) is 0 Å². The van der Waals surface area contributed by atoms with E-state index in [0.717, 1.165) is 36.6 Å². The zero-order valence-corrected chi connectivity index (χ0v) is 16.6. The molecule has 3 saturated heterocycles.